The molecule has 35 heavy (non-hydrogen) atoms. The Bertz CT molecular complexity index is 1010. The molecule has 0 unspecified atom stereocenters. The quantitative estimate of drug-likeness (QED) is 0.421. The van der Waals surface area contributed by atoms with Gasteiger partial charge < -0.3 is 34.5 Å². The molecule has 2 rings (SSSR count). The Hall–Kier alpha value is -3.72. The van der Waals surface area contributed by atoms with Crippen LogP contribution in [0.25, 0.3) is 6.08 Å². The zero-order valence-electron chi connectivity index (χ0n) is 21.3. The molecular weight excluding hydrogens is 450 g/mol. The standard InChI is InChI=1S/C26H35N3O6/c1-7-29(8-2)12-11-27-26(31)23(15-18-9-10-20(32-3)17-24(18)35-6)28-25(30)19-13-21(33-4)16-22(14-19)34-5/h9-10,13-17H,7-8,11-12H2,1-6H3,(H,27,31)(H,28,30)/b23-15+. The number of carbonyl (C=O) groups is 2. The number of likely N-dealkylation sites (N-methyl/N-ethyl adjacent to an activating group) is 1. The summed E-state index contributed by atoms with van der Waals surface area (Å²) in [4.78, 5) is 28.4. The van der Waals surface area contributed by atoms with Crippen LogP contribution < -0.4 is 29.6 Å². The van der Waals surface area contributed by atoms with Crippen molar-refractivity contribution in [3.63, 3.8) is 0 Å². The Morgan fingerprint density at radius 3 is 2.03 bits per heavy atom. The number of ether oxygens (including phenoxy) is 4. The third-order valence-corrected chi connectivity index (χ3v) is 5.45. The molecule has 0 bridgehead atoms. The summed E-state index contributed by atoms with van der Waals surface area (Å²) in [7, 11) is 6.08. The van der Waals surface area contributed by atoms with Gasteiger partial charge in [0.1, 0.15) is 28.7 Å². The predicted octanol–water partition coefficient (Wildman–Crippen LogP) is 2.95. The van der Waals surface area contributed by atoms with E-state index in [0.29, 0.717) is 41.7 Å². The van der Waals surface area contributed by atoms with Crippen LogP contribution in [0, 0.1) is 0 Å². The number of nitrogens with one attached hydrogen (secondary N) is 2. The van der Waals surface area contributed by atoms with Crippen LogP contribution in [0.2, 0.25) is 0 Å². The van der Waals surface area contributed by atoms with Crippen molar-refractivity contribution in [1.82, 2.24) is 15.5 Å². The second-order valence-electron chi connectivity index (χ2n) is 7.50. The monoisotopic (exact) mass is 485 g/mol. The minimum atomic E-state index is -0.486. The number of methoxy groups -OCH3 is 4. The summed E-state index contributed by atoms with van der Waals surface area (Å²) in [6.07, 6.45) is 1.57. The average Bonchev–Trinajstić information content (AvgIpc) is 2.90. The number of nitrogens with zero attached hydrogens (tertiary/aromatic N) is 1. The molecule has 0 spiro atoms. The van der Waals surface area contributed by atoms with Crippen molar-refractivity contribution in [1.29, 1.82) is 0 Å². The van der Waals surface area contributed by atoms with E-state index in [0.717, 1.165) is 13.1 Å². The third kappa shape index (κ3) is 7.92. The highest BCUT2D eigenvalue weighted by atomic mass is 16.5. The molecule has 0 aliphatic carbocycles. The highest BCUT2D eigenvalue weighted by molar-refractivity contribution is 6.05. The molecule has 2 aromatic rings. The Morgan fingerprint density at radius 2 is 1.49 bits per heavy atom. The fourth-order valence-electron chi connectivity index (χ4n) is 3.35. The summed E-state index contributed by atoms with van der Waals surface area (Å²) in [5.74, 6) is 1.12. The van der Waals surface area contributed by atoms with E-state index in [9.17, 15) is 9.59 Å². The second kappa shape index (κ2) is 13.9. The molecule has 0 heterocycles. The molecule has 0 aromatic heterocycles. The SMILES string of the molecule is CCN(CC)CCNC(=O)/C(=C\c1ccc(OC)cc1OC)NC(=O)c1cc(OC)cc(OC)c1. The molecule has 0 atom stereocenters. The first-order valence-corrected chi connectivity index (χ1v) is 11.4. The Balaban J connectivity index is 2.37. The summed E-state index contributed by atoms with van der Waals surface area (Å²) in [6, 6.07) is 10.0. The van der Waals surface area contributed by atoms with Gasteiger partial charge in [-0.05, 0) is 43.4 Å². The van der Waals surface area contributed by atoms with Crippen LogP contribution in [0.1, 0.15) is 29.8 Å². The van der Waals surface area contributed by atoms with Gasteiger partial charge in [0, 0.05) is 36.3 Å². The molecule has 2 amide bonds. The van der Waals surface area contributed by atoms with E-state index in [1.807, 2.05) is 0 Å². The van der Waals surface area contributed by atoms with E-state index in [1.54, 1.807) is 49.6 Å². The fourth-order valence-corrected chi connectivity index (χ4v) is 3.35. The zero-order valence-corrected chi connectivity index (χ0v) is 21.3. The molecule has 2 N–H and O–H groups in total. The first kappa shape index (κ1) is 27.5. The van der Waals surface area contributed by atoms with Gasteiger partial charge in [0.2, 0.25) is 0 Å². The van der Waals surface area contributed by atoms with Gasteiger partial charge in [-0.1, -0.05) is 13.8 Å². The van der Waals surface area contributed by atoms with E-state index in [4.69, 9.17) is 18.9 Å². The van der Waals surface area contributed by atoms with Crippen molar-refractivity contribution < 1.29 is 28.5 Å². The van der Waals surface area contributed by atoms with Gasteiger partial charge >= 0.3 is 0 Å². The Morgan fingerprint density at radius 1 is 0.857 bits per heavy atom. The van der Waals surface area contributed by atoms with Crippen molar-refractivity contribution >= 4 is 17.9 Å². The Kier molecular flexibility index (Phi) is 10.9. The minimum Gasteiger partial charge on any atom is -0.497 e. The van der Waals surface area contributed by atoms with Crippen LogP contribution >= 0.6 is 0 Å². The molecular formula is C26H35N3O6. The fraction of sp³-hybridized carbons (Fsp3) is 0.385. The van der Waals surface area contributed by atoms with Crippen LogP contribution in [0.15, 0.2) is 42.1 Å². The maximum Gasteiger partial charge on any atom is 0.267 e. The van der Waals surface area contributed by atoms with Crippen LogP contribution in [-0.4, -0.2) is 71.3 Å². The third-order valence-electron chi connectivity index (χ3n) is 5.45. The van der Waals surface area contributed by atoms with Crippen LogP contribution in [0.3, 0.4) is 0 Å². The molecule has 0 saturated heterocycles. The number of rotatable bonds is 13. The summed E-state index contributed by atoms with van der Waals surface area (Å²) in [5.41, 5.74) is 0.954. The molecule has 0 saturated carbocycles. The van der Waals surface area contributed by atoms with Crippen molar-refractivity contribution in [2.45, 2.75) is 13.8 Å². The van der Waals surface area contributed by atoms with Crippen molar-refractivity contribution in [3.05, 3.63) is 53.2 Å². The molecule has 9 heteroatoms. The topological polar surface area (TPSA) is 98.4 Å². The second-order valence-corrected chi connectivity index (χ2v) is 7.50. The molecule has 2 aromatic carbocycles. The summed E-state index contributed by atoms with van der Waals surface area (Å²) >= 11 is 0. The van der Waals surface area contributed by atoms with Gasteiger partial charge in [0.05, 0.1) is 28.4 Å². The molecule has 9 nitrogen and oxygen atoms in total. The van der Waals surface area contributed by atoms with Crippen LogP contribution in [0.4, 0.5) is 0 Å². The van der Waals surface area contributed by atoms with Gasteiger partial charge in [0.25, 0.3) is 11.8 Å². The van der Waals surface area contributed by atoms with Crippen molar-refractivity contribution in [2.75, 3.05) is 54.6 Å². The van der Waals surface area contributed by atoms with E-state index in [2.05, 4.69) is 29.4 Å². The molecule has 190 valence electrons. The normalized spacial score (nSPS) is 11.1. The number of amides is 2. The number of carbonyl (C=O) groups excluding carboxylic acids is 2. The highest BCUT2D eigenvalue weighted by Crippen LogP contribution is 2.27. The molecule has 0 aliphatic heterocycles. The van der Waals surface area contributed by atoms with E-state index in [1.165, 1.54) is 21.3 Å². The molecule has 0 radical (unpaired) electrons. The Labute approximate surface area is 207 Å². The summed E-state index contributed by atoms with van der Waals surface area (Å²) in [5, 5.41) is 5.61. The van der Waals surface area contributed by atoms with Crippen molar-refractivity contribution in [3.8, 4) is 23.0 Å². The zero-order chi connectivity index (χ0) is 25.8. The van der Waals surface area contributed by atoms with Gasteiger partial charge in [-0.15, -0.1) is 0 Å². The largest absolute Gasteiger partial charge is 0.497 e. The van der Waals surface area contributed by atoms with E-state index < -0.39 is 11.8 Å². The lowest BCUT2D eigenvalue weighted by atomic mass is 10.1. The van der Waals surface area contributed by atoms with E-state index in [-0.39, 0.29) is 11.3 Å². The lowest BCUT2D eigenvalue weighted by molar-refractivity contribution is -0.117. The summed E-state index contributed by atoms with van der Waals surface area (Å²) < 4.78 is 21.2. The lowest BCUT2D eigenvalue weighted by Gasteiger charge is -2.18. The first-order valence-electron chi connectivity index (χ1n) is 11.4. The van der Waals surface area contributed by atoms with Crippen molar-refractivity contribution in [2.24, 2.45) is 0 Å². The number of hydrogen-bond acceptors (Lipinski definition) is 7. The van der Waals surface area contributed by atoms with Gasteiger partial charge in [-0.3, -0.25) is 9.59 Å². The van der Waals surface area contributed by atoms with Gasteiger partial charge in [0.15, 0.2) is 0 Å². The lowest BCUT2D eigenvalue weighted by Crippen LogP contribution is -2.39. The minimum absolute atomic E-state index is 0.0693. The van der Waals surface area contributed by atoms with Crippen LogP contribution in [-0.2, 0) is 4.79 Å². The predicted molar refractivity (Wildman–Crippen MR) is 135 cm³/mol. The number of hydrogen-bond donors (Lipinski definition) is 2. The van der Waals surface area contributed by atoms with Gasteiger partial charge in [-0.2, -0.15) is 0 Å². The summed E-state index contributed by atoms with van der Waals surface area (Å²) in [6.45, 7) is 7.02. The van der Waals surface area contributed by atoms with Gasteiger partial charge in [-0.25, -0.2) is 0 Å². The maximum absolute atomic E-state index is 13.1. The number of benzene rings is 2. The molecule has 0 fully saturated rings. The average molecular weight is 486 g/mol. The smallest absolute Gasteiger partial charge is 0.267 e. The van der Waals surface area contributed by atoms with Crippen LogP contribution in [0.5, 0.6) is 23.0 Å². The molecule has 0 aliphatic rings. The van der Waals surface area contributed by atoms with E-state index >= 15 is 0 Å². The highest BCUT2D eigenvalue weighted by Gasteiger charge is 2.17. The maximum atomic E-state index is 13.1. The first-order chi connectivity index (χ1) is 16.9.